The van der Waals surface area contributed by atoms with Crippen LogP contribution in [-0.2, 0) is 16.2 Å². The van der Waals surface area contributed by atoms with Crippen molar-refractivity contribution >= 4 is 27.8 Å². The molecule has 0 saturated carbocycles. The molecule has 11 aromatic rings. The molecule has 13 rings (SSSR count). The molecule has 0 unspecified atom stereocenters. The minimum atomic E-state index is -0.517. The Labute approximate surface area is 430 Å². The van der Waals surface area contributed by atoms with E-state index in [0.29, 0.717) is 0 Å². The van der Waals surface area contributed by atoms with Gasteiger partial charge in [-0.3, -0.25) is 0 Å². The average Bonchev–Trinajstić information content (AvgIpc) is 3.87. The van der Waals surface area contributed by atoms with Crippen LogP contribution in [0.4, 0.5) is 17.1 Å². The first-order valence-corrected chi connectivity index (χ1v) is 25.8. The van der Waals surface area contributed by atoms with E-state index in [9.17, 15) is 0 Å². The summed E-state index contributed by atoms with van der Waals surface area (Å²) in [6, 6.07) is 95.7. The van der Waals surface area contributed by atoms with Crippen LogP contribution < -0.4 is 4.90 Å². The topological polar surface area (TPSA) is 3.24 Å². The van der Waals surface area contributed by atoms with E-state index in [0.717, 1.165) is 28.2 Å². The SMILES string of the molecule is CC(C)(C)c1ccc(-c2ccc(N(c3ccc4c(c3)-c3ccccc3C4(c3ccccc3)c3ccccc3)c3ccc4ccccc4c3-c3cccc4c3C(C)(C)c3ccccc3-4)c(-c3ccccc3)c2)cc1. The molecule has 2 aliphatic rings. The van der Waals surface area contributed by atoms with Crippen molar-refractivity contribution in [1.82, 2.24) is 0 Å². The fourth-order valence-corrected chi connectivity index (χ4v) is 12.7. The van der Waals surface area contributed by atoms with Gasteiger partial charge in [-0.1, -0.05) is 259 Å². The smallest absolute Gasteiger partial charge is 0.0713 e. The van der Waals surface area contributed by atoms with Crippen LogP contribution in [0.3, 0.4) is 0 Å². The molecule has 2 aliphatic carbocycles. The van der Waals surface area contributed by atoms with Crippen molar-refractivity contribution in [1.29, 1.82) is 0 Å². The molecule has 1 heteroatoms. The van der Waals surface area contributed by atoms with E-state index in [2.05, 4.69) is 294 Å². The summed E-state index contributed by atoms with van der Waals surface area (Å²) in [4.78, 5) is 2.58. The van der Waals surface area contributed by atoms with Crippen molar-refractivity contribution in [3.8, 4) is 55.6 Å². The highest BCUT2D eigenvalue weighted by atomic mass is 15.1. The van der Waals surface area contributed by atoms with Crippen molar-refractivity contribution in [2.45, 2.75) is 50.9 Å². The molecule has 11 aromatic carbocycles. The molecular formula is C72H57N. The third kappa shape index (κ3) is 6.97. The minimum Gasteiger partial charge on any atom is -0.309 e. The van der Waals surface area contributed by atoms with Gasteiger partial charge >= 0.3 is 0 Å². The molecule has 350 valence electrons. The van der Waals surface area contributed by atoms with Crippen molar-refractivity contribution in [3.63, 3.8) is 0 Å². The van der Waals surface area contributed by atoms with Crippen LogP contribution in [0.25, 0.3) is 66.4 Å². The van der Waals surface area contributed by atoms with Crippen LogP contribution in [0.15, 0.2) is 255 Å². The summed E-state index contributed by atoms with van der Waals surface area (Å²) >= 11 is 0. The van der Waals surface area contributed by atoms with Crippen LogP contribution in [-0.4, -0.2) is 0 Å². The van der Waals surface area contributed by atoms with Gasteiger partial charge in [0.2, 0.25) is 0 Å². The summed E-state index contributed by atoms with van der Waals surface area (Å²) in [6.45, 7) is 11.7. The zero-order chi connectivity index (χ0) is 49.5. The van der Waals surface area contributed by atoms with Gasteiger partial charge in [0.1, 0.15) is 0 Å². The van der Waals surface area contributed by atoms with E-state index >= 15 is 0 Å². The summed E-state index contributed by atoms with van der Waals surface area (Å²) in [5.74, 6) is 0. The third-order valence-electron chi connectivity index (χ3n) is 16.1. The van der Waals surface area contributed by atoms with Crippen molar-refractivity contribution in [2.24, 2.45) is 0 Å². The molecule has 0 bridgehead atoms. The molecule has 73 heavy (non-hydrogen) atoms. The lowest BCUT2D eigenvalue weighted by atomic mass is 9.68. The maximum atomic E-state index is 2.58. The molecule has 0 heterocycles. The number of anilines is 3. The van der Waals surface area contributed by atoms with Gasteiger partial charge in [-0.2, -0.15) is 0 Å². The number of hydrogen-bond donors (Lipinski definition) is 0. The second kappa shape index (κ2) is 17.1. The lowest BCUT2D eigenvalue weighted by Crippen LogP contribution is -2.28. The maximum Gasteiger partial charge on any atom is 0.0713 e. The largest absolute Gasteiger partial charge is 0.309 e. The number of fused-ring (bicyclic) bond motifs is 7. The standard InChI is InChI=1S/C72H57N/c1-70(2,3)52-40-36-48(37-41-52)51-39-44-66(61(46-51)49-22-9-6-10-23-49)73(55-42-43-65-62(47-55)58-31-18-20-35-64(58)72(65,53-25-11-7-12-26-53)54-27-13-8-14-28-54)67-45-38-50-24-15-16-29-56(50)68(67)60-33-21-32-59-57-30-17-19-34-63(57)71(4,5)69(59)60/h6-47H,1-5H3. The molecule has 0 amide bonds. The molecule has 0 N–H and O–H groups in total. The highest BCUT2D eigenvalue weighted by Gasteiger charge is 2.46. The summed E-state index contributed by atoms with van der Waals surface area (Å²) < 4.78 is 0. The Balaban J connectivity index is 1.12. The molecular weight excluding hydrogens is 879 g/mol. The van der Waals surface area contributed by atoms with E-state index in [1.165, 1.54) is 94.2 Å². The Morgan fingerprint density at radius 2 is 0.904 bits per heavy atom. The first-order valence-electron chi connectivity index (χ1n) is 25.8. The number of nitrogens with zero attached hydrogens (tertiary/aromatic N) is 1. The van der Waals surface area contributed by atoms with E-state index < -0.39 is 5.41 Å². The summed E-state index contributed by atoms with van der Waals surface area (Å²) in [5.41, 5.74) is 24.1. The van der Waals surface area contributed by atoms with E-state index in [1.54, 1.807) is 0 Å². The summed E-state index contributed by atoms with van der Waals surface area (Å²) in [7, 11) is 0. The Morgan fingerprint density at radius 3 is 1.60 bits per heavy atom. The summed E-state index contributed by atoms with van der Waals surface area (Å²) in [5, 5.41) is 2.43. The predicted molar refractivity (Wildman–Crippen MR) is 309 cm³/mol. The lowest BCUT2D eigenvalue weighted by Gasteiger charge is -2.35. The molecule has 1 nitrogen and oxygen atoms in total. The molecule has 0 fully saturated rings. The molecule has 0 saturated heterocycles. The summed E-state index contributed by atoms with van der Waals surface area (Å²) in [6.07, 6.45) is 0. The first-order chi connectivity index (χ1) is 35.6. The highest BCUT2D eigenvalue weighted by Crippen LogP contribution is 2.59. The Kier molecular flexibility index (Phi) is 10.4. The van der Waals surface area contributed by atoms with Crippen molar-refractivity contribution < 1.29 is 0 Å². The minimum absolute atomic E-state index is 0.0603. The maximum absolute atomic E-state index is 2.58. The van der Waals surface area contributed by atoms with Gasteiger partial charge < -0.3 is 4.90 Å². The third-order valence-corrected chi connectivity index (χ3v) is 16.1. The van der Waals surface area contributed by atoms with Gasteiger partial charge in [-0.25, -0.2) is 0 Å². The van der Waals surface area contributed by atoms with Crippen molar-refractivity contribution in [2.75, 3.05) is 4.90 Å². The molecule has 0 radical (unpaired) electrons. The zero-order valence-corrected chi connectivity index (χ0v) is 42.2. The van der Waals surface area contributed by atoms with Crippen molar-refractivity contribution in [3.05, 3.63) is 294 Å². The average molecular weight is 936 g/mol. The van der Waals surface area contributed by atoms with E-state index in [1.807, 2.05) is 0 Å². The van der Waals surface area contributed by atoms with Gasteiger partial charge in [0, 0.05) is 22.2 Å². The Morgan fingerprint density at radius 1 is 0.356 bits per heavy atom. The molecule has 0 aromatic heterocycles. The quantitative estimate of drug-likeness (QED) is 0.147. The second-order valence-corrected chi connectivity index (χ2v) is 21.6. The lowest BCUT2D eigenvalue weighted by molar-refractivity contribution is 0.590. The van der Waals surface area contributed by atoms with Gasteiger partial charge in [-0.15, -0.1) is 0 Å². The molecule has 0 atom stereocenters. The van der Waals surface area contributed by atoms with Gasteiger partial charge in [-0.05, 0) is 130 Å². The zero-order valence-electron chi connectivity index (χ0n) is 42.2. The van der Waals surface area contributed by atoms with Crippen LogP contribution in [0.2, 0.25) is 0 Å². The fraction of sp³-hybridized carbons (Fsp3) is 0.111. The van der Waals surface area contributed by atoms with Gasteiger partial charge in [0.25, 0.3) is 0 Å². The van der Waals surface area contributed by atoms with Crippen LogP contribution in [0, 0.1) is 0 Å². The van der Waals surface area contributed by atoms with E-state index in [-0.39, 0.29) is 10.8 Å². The normalized spacial score (nSPS) is 13.8. The van der Waals surface area contributed by atoms with E-state index in [4.69, 9.17) is 0 Å². The molecule has 0 aliphatic heterocycles. The first kappa shape index (κ1) is 44.4. The number of rotatable bonds is 8. The number of benzene rings is 11. The van der Waals surface area contributed by atoms with Crippen LogP contribution in [0.5, 0.6) is 0 Å². The second-order valence-electron chi connectivity index (χ2n) is 21.6. The van der Waals surface area contributed by atoms with Crippen LogP contribution >= 0.6 is 0 Å². The van der Waals surface area contributed by atoms with Gasteiger partial charge in [0.05, 0.1) is 16.8 Å². The van der Waals surface area contributed by atoms with Crippen LogP contribution in [0.1, 0.15) is 73.6 Å². The molecule has 0 spiro atoms. The predicted octanol–water partition coefficient (Wildman–Crippen LogP) is 19.3. The number of hydrogen-bond acceptors (Lipinski definition) is 1. The Bertz CT molecular complexity index is 3850. The monoisotopic (exact) mass is 935 g/mol. The fourth-order valence-electron chi connectivity index (χ4n) is 12.7. The van der Waals surface area contributed by atoms with Gasteiger partial charge in [0.15, 0.2) is 0 Å². The highest BCUT2D eigenvalue weighted by molar-refractivity contribution is 6.09. The Hall–Kier alpha value is -8.52.